The number of hydrogen-bond donors (Lipinski definition) is 1. The molecule has 0 unspecified atom stereocenters. The van der Waals surface area contributed by atoms with E-state index in [1.807, 2.05) is 48.5 Å². The topological polar surface area (TPSA) is 73.9 Å². The van der Waals surface area contributed by atoms with Crippen molar-refractivity contribution in [3.63, 3.8) is 0 Å². The quantitative estimate of drug-likeness (QED) is 0.638. The molecule has 0 fully saturated rings. The lowest BCUT2D eigenvalue weighted by molar-refractivity contribution is -0.124. The predicted molar refractivity (Wildman–Crippen MR) is 106 cm³/mol. The second-order valence-electron chi connectivity index (χ2n) is 6.10. The van der Waals surface area contributed by atoms with Crippen LogP contribution in [0.1, 0.15) is 15.9 Å². The number of esters is 1. The molecule has 0 bridgehead atoms. The van der Waals surface area contributed by atoms with E-state index in [9.17, 15) is 9.59 Å². The fraction of sp³-hybridized carbons (Fsp3) is 0.182. The highest BCUT2D eigenvalue weighted by molar-refractivity contribution is 5.99. The van der Waals surface area contributed by atoms with Gasteiger partial charge in [-0.1, -0.05) is 36.4 Å². The van der Waals surface area contributed by atoms with Gasteiger partial charge < -0.3 is 19.5 Å². The maximum atomic E-state index is 12.4. The van der Waals surface area contributed by atoms with Crippen molar-refractivity contribution >= 4 is 22.6 Å². The number of hydrogen-bond acceptors (Lipinski definition) is 5. The van der Waals surface area contributed by atoms with Crippen LogP contribution in [-0.2, 0) is 16.1 Å². The van der Waals surface area contributed by atoms with Crippen molar-refractivity contribution in [2.45, 2.75) is 6.54 Å². The minimum absolute atomic E-state index is 0.282. The summed E-state index contributed by atoms with van der Waals surface area (Å²) in [4.78, 5) is 24.4. The average Bonchev–Trinajstić information content (AvgIpc) is 2.75. The number of benzene rings is 3. The molecule has 0 saturated carbocycles. The van der Waals surface area contributed by atoms with Crippen molar-refractivity contribution in [3.8, 4) is 11.5 Å². The summed E-state index contributed by atoms with van der Waals surface area (Å²) in [5, 5.41) is 4.55. The van der Waals surface area contributed by atoms with E-state index in [-0.39, 0.29) is 18.1 Å². The van der Waals surface area contributed by atoms with E-state index < -0.39 is 5.97 Å². The lowest BCUT2D eigenvalue weighted by Crippen LogP contribution is -2.28. The normalized spacial score (nSPS) is 10.4. The number of carbonyl (C=O) groups excluding carboxylic acids is 2. The van der Waals surface area contributed by atoms with Crippen LogP contribution in [0.2, 0.25) is 0 Å². The van der Waals surface area contributed by atoms with Crippen molar-refractivity contribution in [1.29, 1.82) is 0 Å². The first-order valence-electron chi connectivity index (χ1n) is 8.74. The minimum atomic E-state index is -0.609. The standard InChI is InChI=1S/C22H21NO5/c1-26-18-9-7-15(8-10-18)13-23-21(24)14-28-22(25)19-11-16-5-3-4-6-17(16)12-20(19)27-2/h3-12H,13-14H2,1-2H3,(H,23,24). The third kappa shape index (κ3) is 4.59. The van der Waals surface area contributed by atoms with Crippen LogP contribution in [0.5, 0.6) is 11.5 Å². The second-order valence-corrected chi connectivity index (χ2v) is 6.10. The van der Waals surface area contributed by atoms with Crippen LogP contribution in [0.3, 0.4) is 0 Å². The number of carbonyl (C=O) groups is 2. The van der Waals surface area contributed by atoms with E-state index in [1.165, 1.54) is 7.11 Å². The first kappa shape index (κ1) is 19.2. The number of amides is 1. The van der Waals surface area contributed by atoms with Gasteiger partial charge in [-0.3, -0.25) is 4.79 Å². The van der Waals surface area contributed by atoms with E-state index >= 15 is 0 Å². The Hall–Kier alpha value is -3.54. The number of methoxy groups -OCH3 is 2. The molecule has 0 saturated heterocycles. The fourth-order valence-corrected chi connectivity index (χ4v) is 2.75. The van der Waals surface area contributed by atoms with E-state index in [0.717, 1.165) is 22.1 Å². The van der Waals surface area contributed by atoms with Crippen molar-refractivity contribution in [2.75, 3.05) is 20.8 Å². The van der Waals surface area contributed by atoms with Crippen LogP contribution < -0.4 is 14.8 Å². The largest absolute Gasteiger partial charge is 0.497 e. The molecule has 0 aliphatic heterocycles. The van der Waals surface area contributed by atoms with Gasteiger partial charge in [0.1, 0.15) is 17.1 Å². The van der Waals surface area contributed by atoms with E-state index in [1.54, 1.807) is 19.2 Å². The Balaban J connectivity index is 1.58. The highest BCUT2D eigenvalue weighted by atomic mass is 16.5. The molecule has 0 aromatic heterocycles. The zero-order valence-electron chi connectivity index (χ0n) is 15.7. The van der Waals surface area contributed by atoms with Crippen LogP contribution in [0.4, 0.5) is 0 Å². The molecule has 144 valence electrons. The highest BCUT2D eigenvalue weighted by Crippen LogP contribution is 2.26. The molecule has 0 spiro atoms. The molecule has 1 amide bonds. The van der Waals surface area contributed by atoms with Gasteiger partial charge in [0.2, 0.25) is 0 Å². The van der Waals surface area contributed by atoms with Crippen molar-refractivity contribution < 1.29 is 23.8 Å². The van der Waals surface area contributed by atoms with Gasteiger partial charge >= 0.3 is 5.97 Å². The first-order chi connectivity index (χ1) is 13.6. The SMILES string of the molecule is COc1ccc(CNC(=O)COC(=O)c2cc3ccccc3cc2OC)cc1. The summed E-state index contributed by atoms with van der Waals surface area (Å²) in [6.07, 6.45) is 0. The number of fused-ring (bicyclic) bond motifs is 1. The molecule has 0 aliphatic carbocycles. The Bertz CT molecular complexity index is 982. The van der Waals surface area contributed by atoms with Gasteiger partial charge in [-0.2, -0.15) is 0 Å². The van der Waals surface area contributed by atoms with Crippen molar-refractivity contribution in [3.05, 3.63) is 71.8 Å². The van der Waals surface area contributed by atoms with E-state index in [0.29, 0.717) is 12.3 Å². The van der Waals surface area contributed by atoms with Crippen LogP contribution in [0.25, 0.3) is 10.8 Å². The van der Waals surface area contributed by atoms with Gasteiger partial charge in [0.25, 0.3) is 5.91 Å². The molecule has 28 heavy (non-hydrogen) atoms. The van der Waals surface area contributed by atoms with Crippen molar-refractivity contribution in [1.82, 2.24) is 5.32 Å². The third-order valence-electron chi connectivity index (χ3n) is 4.27. The molecule has 0 radical (unpaired) electrons. The maximum absolute atomic E-state index is 12.4. The molecule has 1 N–H and O–H groups in total. The highest BCUT2D eigenvalue weighted by Gasteiger charge is 2.16. The Morgan fingerprint density at radius 3 is 2.21 bits per heavy atom. The molecule has 0 atom stereocenters. The van der Waals surface area contributed by atoms with Gasteiger partial charge in [-0.05, 0) is 40.6 Å². The van der Waals surface area contributed by atoms with Crippen molar-refractivity contribution in [2.24, 2.45) is 0 Å². The van der Waals surface area contributed by atoms with Gasteiger partial charge in [0.15, 0.2) is 6.61 Å². The van der Waals surface area contributed by atoms with E-state index in [2.05, 4.69) is 5.32 Å². The van der Waals surface area contributed by atoms with Gasteiger partial charge in [0.05, 0.1) is 14.2 Å². The maximum Gasteiger partial charge on any atom is 0.342 e. The van der Waals surface area contributed by atoms with Gasteiger partial charge in [-0.15, -0.1) is 0 Å². The van der Waals surface area contributed by atoms with Crippen LogP contribution in [-0.4, -0.2) is 32.7 Å². The molecular formula is C22H21NO5. The number of rotatable bonds is 7. The minimum Gasteiger partial charge on any atom is -0.497 e. The average molecular weight is 379 g/mol. The summed E-state index contributed by atoms with van der Waals surface area (Å²) in [6, 6.07) is 18.4. The van der Waals surface area contributed by atoms with Crippen LogP contribution >= 0.6 is 0 Å². The molecule has 6 nitrogen and oxygen atoms in total. The summed E-state index contributed by atoms with van der Waals surface area (Å²) >= 11 is 0. The number of nitrogens with one attached hydrogen (secondary N) is 1. The summed E-state index contributed by atoms with van der Waals surface area (Å²) in [7, 11) is 3.08. The Kier molecular flexibility index (Phi) is 6.11. The summed E-state index contributed by atoms with van der Waals surface area (Å²) in [5.41, 5.74) is 1.20. The third-order valence-corrected chi connectivity index (χ3v) is 4.27. The van der Waals surface area contributed by atoms with Crippen LogP contribution in [0, 0.1) is 0 Å². The molecule has 0 aliphatic rings. The lowest BCUT2D eigenvalue weighted by Gasteiger charge is -2.11. The lowest BCUT2D eigenvalue weighted by atomic mass is 10.1. The first-order valence-corrected chi connectivity index (χ1v) is 8.74. The van der Waals surface area contributed by atoms with Gasteiger partial charge in [-0.25, -0.2) is 4.79 Å². The van der Waals surface area contributed by atoms with Crippen LogP contribution in [0.15, 0.2) is 60.7 Å². The summed E-state index contributed by atoms with van der Waals surface area (Å²) in [5.74, 6) is 0.154. The number of ether oxygens (including phenoxy) is 3. The van der Waals surface area contributed by atoms with Gasteiger partial charge in [0, 0.05) is 6.54 Å². The fourth-order valence-electron chi connectivity index (χ4n) is 2.75. The Morgan fingerprint density at radius 1 is 0.893 bits per heavy atom. The van der Waals surface area contributed by atoms with E-state index in [4.69, 9.17) is 14.2 Å². The molecule has 3 aromatic rings. The molecule has 3 rings (SSSR count). The molecule has 6 heteroatoms. The Morgan fingerprint density at radius 2 is 1.57 bits per heavy atom. The smallest absolute Gasteiger partial charge is 0.342 e. The molecule has 0 heterocycles. The molecule has 3 aromatic carbocycles. The summed E-state index contributed by atoms with van der Waals surface area (Å²) in [6.45, 7) is -0.0371. The predicted octanol–water partition coefficient (Wildman–Crippen LogP) is 3.33. The monoisotopic (exact) mass is 379 g/mol. The summed E-state index contributed by atoms with van der Waals surface area (Å²) < 4.78 is 15.5. The zero-order valence-corrected chi connectivity index (χ0v) is 15.7. The molecular weight excluding hydrogens is 358 g/mol. The second kappa shape index (κ2) is 8.90. The zero-order chi connectivity index (χ0) is 19.9. The Labute approximate surface area is 163 Å².